The number of H-pyrrole nitrogens is 1. The lowest BCUT2D eigenvalue weighted by atomic mass is 9.94. The molecular formula is C22H30N6O2. The number of nitrogens with zero attached hydrogens (tertiary/aromatic N) is 5. The third kappa shape index (κ3) is 4.02. The first kappa shape index (κ1) is 20.7. The standard InChI is InChI=1S/C22H30N6O2/c1-14-5-7-27(8-6-14)20(21-24-25-26-28(21)9-10-30-4)18-13-17-16(3)11-15(2)12-19(17)23-22(18)29/h11-14,20H,5-10H2,1-4H3,(H,23,29). The van der Waals surface area contributed by atoms with Crippen LogP contribution in [0.5, 0.6) is 0 Å². The van der Waals surface area contributed by atoms with Crippen molar-refractivity contribution < 1.29 is 4.74 Å². The van der Waals surface area contributed by atoms with Gasteiger partial charge in [0.15, 0.2) is 5.82 Å². The summed E-state index contributed by atoms with van der Waals surface area (Å²) in [4.78, 5) is 18.7. The Kier molecular flexibility index (Phi) is 5.97. The van der Waals surface area contributed by atoms with E-state index >= 15 is 0 Å². The molecule has 1 atom stereocenters. The summed E-state index contributed by atoms with van der Waals surface area (Å²) in [5, 5.41) is 13.5. The van der Waals surface area contributed by atoms with E-state index in [1.54, 1.807) is 11.8 Å². The predicted octanol–water partition coefficient (Wildman–Crippen LogP) is 2.60. The van der Waals surface area contributed by atoms with Crippen molar-refractivity contribution in [3.05, 3.63) is 51.1 Å². The second-order valence-corrected chi connectivity index (χ2v) is 8.47. The van der Waals surface area contributed by atoms with E-state index in [-0.39, 0.29) is 11.6 Å². The van der Waals surface area contributed by atoms with Gasteiger partial charge in [-0.3, -0.25) is 9.69 Å². The fraction of sp³-hybridized carbons (Fsp3) is 0.545. The Balaban J connectivity index is 1.85. The first-order valence-electron chi connectivity index (χ1n) is 10.6. The van der Waals surface area contributed by atoms with Crippen molar-refractivity contribution in [3.8, 4) is 0 Å². The van der Waals surface area contributed by atoms with Crippen LogP contribution >= 0.6 is 0 Å². The van der Waals surface area contributed by atoms with E-state index in [1.165, 1.54) is 0 Å². The number of hydrogen-bond donors (Lipinski definition) is 1. The van der Waals surface area contributed by atoms with Crippen LogP contribution in [0.1, 0.15) is 48.3 Å². The Morgan fingerprint density at radius 3 is 2.73 bits per heavy atom. The number of pyridine rings is 1. The molecule has 4 rings (SSSR count). The number of ether oxygens (including phenoxy) is 1. The Morgan fingerprint density at radius 1 is 1.23 bits per heavy atom. The Morgan fingerprint density at radius 2 is 2.00 bits per heavy atom. The molecule has 3 aromatic rings. The molecule has 0 aliphatic carbocycles. The molecule has 1 aliphatic rings. The molecule has 1 fully saturated rings. The van der Waals surface area contributed by atoms with Crippen LogP contribution in [0.2, 0.25) is 0 Å². The van der Waals surface area contributed by atoms with Gasteiger partial charge in [0.2, 0.25) is 0 Å². The summed E-state index contributed by atoms with van der Waals surface area (Å²) in [5.41, 5.74) is 3.75. The maximum absolute atomic E-state index is 13.2. The van der Waals surface area contributed by atoms with Gasteiger partial charge in [-0.1, -0.05) is 13.0 Å². The molecule has 8 heteroatoms. The van der Waals surface area contributed by atoms with Crippen LogP contribution < -0.4 is 5.56 Å². The molecule has 1 N–H and O–H groups in total. The van der Waals surface area contributed by atoms with Crippen molar-refractivity contribution in [2.75, 3.05) is 26.8 Å². The van der Waals surface area contributed by atoms with Crippen molar-refractivity contribution in [2.45, 2.75) is 46.2 Å². The van der Waals surface area contributed by atoms with E-state index in [9.17, 15) is 4.79 Å². The highest BCUT2D eigenvalue weighted by Crippen LogP contribution is 2.31. The predicted molar refractivity (Wildman–Crippen MR) is 116 cm³/mol. The number of aromatic nitrogens is 5. The van der Waals surface area contributed by atoms with Crippen LogP contribution in [0.4, 0.5) is 0 Å². The number of methoxy groups -OCH3 is 1. The highest BCUT2D eigenvalue weighted by Gasteiger charge is 2.32. The van der Waals surface area contributed by atoms with Crippen molar-refractivity contribution in [1.29, 1.82) is 0 Å². The van der Waals surface area contributed by atoms with E-state index in [0.717, 1.165) is 48.0 Å². The summed E-state index contributed by atoms with van der Waals surface area (Å²) in [5.74, 6) is 1.38. The maximum Gasteiger partial charge on any atom is 0.253 e. The van der Waals surface area contributed by atoms with Gasteiger partial charge in [0, 0.05) is 23.6 Å². The Labute approximate surface area is 176 Å². The second kappa shape index (κ2) is 8.65. The lowest BCUT2D eigenvalue weighted by Crippen LogP contribution is -2.40. The molecule has 0 saturated carbocycles. The van der Waals surface area contributed by atoms with Crippen molar-refractivity contribution >= 4 is 10.9 Å². The number of rotatable bonds is 6. The number of piperidine rings is 1. The fourth-order valence-corrected chi connectivity index (χ4v) is 4.42. The number of fused-ring (bicyclic) bond motifs is 1. The van der Waals surface area contributed by atoms with Gasteiger partial charge >= 0.3 is 0 Å². The van der Waals surface area contributed by atoms with Gasteiger partial charge in [0.05, 0.1) is 13.2 Å². The molecule has 1 aliphatic heterocycles. The summed E-state index contributed by atoms with van der Waals surface area (Å²) in [6.45, 7) is 9.28. The SMILES string of the molecule is COCCn1nnnc1C(c1cc2c(C)cc(C)cc2[nH]c1=O)N1CCC(C)CC1. The molecular weight excluding hydrogens is 380 g/mol. The average Bonchev–Trinajstić information content (AvgIpc) is 3.16. The number of hydrogen-bond acceptors (Lipinski definition) is 6. The summed E-state index contributed by atoms with van der Waals surface area (Å²) < 4.78 is 6.99. The Bertz CT molecular complexity index is 1080. The topological polar surface area (TPSA) is 88.9 Å². The molecule has 0 spiro atoms. The number of benzene rings is 1. The summed E-state index contributed by atoms with van der Waals surface area (Å²) in [7, 11) is 1.66. The molecule has 30 heavy (non-hydrogen) atoms. The van der Waals surface area contributed by atoms with Gasteiger partial charge in [0.25, 0.3) is 5.56 Å². The zero-order chi connectivity index (χ0) is 21.3. The minimum atomic E-state index is -0.293. The molecule has 2 aromatic heterocycles. The molecule has 0 bridgehead atoms. The minimum Gasteiger partial charge on any atom is -0.383 e. The molecule has 1 aromatic carbocycles. The fourth-order valence-electron chi connectivity index (χ4n) is 4.42. The largest absolute Gasteiger partial charge is 0.383 e. The summed E-state index contributed by atoms with van der Waals surface area (Å²) >= 11 is 0. The average molecular weight is 411 g/mol. The van der Waals surface area contributed by atoms with Gasteiger partial charge in [-0.15, -0.1) is 5.10 Å². The van der Waals surface area contributed by atoms with Crippen LogP contribution in [0.3, 0.4) is 0 Å². The van der Waals surface area contributed by atoms with Crippen LogP contribution in [0.25, 0.3) is 10.9 Å². The highest BCUT2D eigenvalue weighted by molar-refractivity contribution is 5.83. The molecule has 0 amide bonds. The zero-order valence-electron chi connectivity index (χ0n) is 18.2. The molecule has 0 radical (unpaired) electrons. The highest BCUT2D eigenvalue weighted by atomic mass is 16.5. The first-order valence-corrected chi connectivity index (χ1v) is 10.6. The van der Waals surface area contributed by atoms with Crippen molar-refractivity contribution in [1.82, 2.24) is 30.1 Å². The third-order valence-corrected chi connectivity index (χ3v) is 6.13. The number of aryl methyl sites for hydroxylation is 2. The van der Waals surface area contributed by atoms with E-state index in [2.05, 4.69) is 45.3 Å². The number of aromatic amines is 1. The second-order valence-electron chi connectivity index (χ2n) is 8.47. The van der Waals surface area contributed by atoms with Crippen LogP contribution in [0.15, 0.2) is 23.0 Å². The quantitative estimate of drug-likeness (QED) is 0.672. The zero-order valence-corrected chi connectivity index (χ0v) is 18.2. The molecule has 3 heterocycles. The summed E-state index contributed by atoms with van der Waals surface area (Å²) in [6, 6.07) is 5.90. The maximum atomic E-state index is 13.2. The van der Waals surface area contributed by atoms with Gasteiger partial charge in [0.1, 0.15) is 6.04 Å². The van der Waals surface area contributed by atoms with Crippen molar-refractivity contribution in [2.24, 2.45) is 5.92 Å². The normalized spacial score (nSPS) is 16.9. The van der Waals surface area contributed by atoms with Crippen LogP contribution in [0, 0.1) is 19.8 Å². The van der Waals surface area contributed by atoms with E-state index in [0.29, 0.717) is 30.5 Å². The first-order chi connectivity index (χ1) is 14.5. The van der Waals surface area contributed by atoms with E-state index < -0.39 is 0 Å². The van der Waals surface area contributed by atoms with Gasteiger partial charge in [-0.2, -0.15) is 0 Å². The van der Waals surface area contributed by atoms with Crippen molar-refractivity contribution in [3.63, 3.8) is 0 Å². The van der Waals surface area contributed by atoms with Crippen LogP contribution in [-0.2, 0) is 11.3 Å². The lowest BCUT2D eigenvalue weighted by Gasteiger charge is -2.35. The molecule has 160 valence electrons. The molecule has 1 unspecified atom stereocenters. The van der Waals surface area contributed by atoms with E-state index in [4.69, 9.17) is 4.74 Å². The number of likely N-dealkylation sites (tertiary alicyclic amines) is 1. The van der Waals surface area contributed by atoms with Gasteiger partial charge in [-0.25, -0.2) is 4.68 Å². The lowest BCUT2D eigenvalue weighted by molar-refractivity contribution is 0.144. The minimum absolute atomic E-state index is 0.0857. The number of nitrogens with one attached hydrogen (secondary N) is 1. The van der Waals surface area contributed by atoms with Crippen LogP contribution in [-0.4, -0.2) is 56.9 Å². The smallest absolute Gasteiger partial charge is 0.253 e. The monoisotopic (exact) mass is 410 g/mol. The number of tetrazole rings is 1. The molecule has 1 saturated heterocycles. The third-order valence-electron chi connectivity index (χ3n) is 6.13. The van der Waals surface area contributed by atoms with Gasteiger partial charge in [-0.05, 0) is 79.4 Å². The van der Waals surface area contributed by atoms with Gasteiger partial charge < -0.3 is 9.72 Å². The summed E-state index contributed by atoms with van der Waals surface area (Å²) in [6.07, 6.45) is 2.19. The van der Waals surface area contributed by atoms with E-state index in [1.807, 2.05) is 19.1 Å². The molecule has 8 nitrogen and oxygen atoms in total. The Hall–Kier alpha value is -2.58.